The zero-order chi connectivity index (χ0) is 15.6. The van der Waals surface area contributed by atoms with Gasteiger partial charge in [-0.1, -0.05) is 39.7 Å². The third-order valence-electron chi connectivity index (χ3n) is 2.58. The lowest BCUT2D eigenvalue weighted by Gasteiger charge is -2.11. The minimum absolute atomic E-state index is 0.0635. The fraction of sp³-hybridized carbons (Fsp3) is 0.0769. The molecule has 0 saturated carbocycles. The van der Waals surface area contributed by atoms with Gasteiger partial charge >= 0.3 is 0 Å². The summed E-state index contributed by atoms with van der Waals surface area (Å²) in [6.45, 7) is -0.0857. The summed E-state index contributed by atoms with van der Waals surface area (Å²) in [6.07, 6.45) is 0. The molecular weight excluding hydrogens is 406 g/mol. The fourth-order valence-electron chi connectivity index (χ4n) is 1.61. The summed E-state index contributed by atoms with van der Waals surface area (Å²) in [4.78, 5) is -0.175. The highest BCUT2D eigenvalue weighted by molar-refractivity contribution is 9.10. The molecule has 0 radical (unpaired) electrons. The van der Waals surface area contributed by atoms with E-state index in [9.17, 15) is 12.8 Å². The number of hydrogen-bond acceptors (Lipinski definition) is 3. The Morgan fingerprint density at radius 1 is 1.24 bits per heavy atom. The van der Waals surface area contributed by atoms with Crippen molar-refractivity contribution in [2.45, 2.75) is 11.5 Å². The Morgan fingerprint density at radius 2 is 1.95 bits per heavy atom. The molecule has 0 aliphatic heterocycles. The van der Waals surface area contributed by atoms with Crippen molar-refractivity contribution in [3.8, 4) is 5.75 Å². The van der Waals surface area contributed by atoms with Gasteiger partial charge in [0.25, 0.3) is 9.05 Å². The van der Waals surface area contributed by atoms with E-state index in [1.54, 1.807) is 12.1 Å². The van der Waals surface area contributed by atoms with Crippen molar-refractivity contribution in [3.63, 3.8) is 0 Å². The van der Waals surface area contributed by atoms with Gasteiger partial charge in [0, 0.05) is 20.7 Å². The quantitative estimate of drug-likeness (QED) is 0.679. The third-order valence-corrected chi connectivity index (χ3v) is 4.84. The summed E-state index contributed by atoms with van der Waals surface area (Å²) < 4.78 is 42.3. The number of ether oxygens (including phenoxy) is 1. The van der Waals surface area contributed by atoms with E-state index < -0.39 is 14.9 Å². The zero-order valence-electron chi connectivity index (χ0n) is 10.3. The summed E-state index contributed by atoms with van der Waals surface area (Å²) in [7, 11) is 1.39. The highest BCUT2D eigenvalue weighted by atomic mass is 79.9. The Bertz CT molecular complexity index is 781. The van der Waals surface area contributed by atoms with Crippen LogP contribution in [-0.2, 0) is 15.7 Å². The lowest BCUT2D eigenvalue weighted by Crippen LogP contribution is -2.02. The van der Waals surface area contributed by atoms with Crippen LogP contribution in [0.15, 0.2) is 45.8 Å². The maximum Gasteiger partial charge on any atom is 0.265 e. The molecule has 0 aliphatic carbocycles. The standard InChI is InChI=1S/C13H8BrCl2FO3S/c14-9-4-5-11(12(6-9)21(16,18)19)20-7-8-2-1-3-10(17)13(8)15/h1-6H,7H2. The average Bonchev–Trinajstić information content (AvgIpc) is 2.40. The maximum atomic E-state index is 13.3. The van der Waals surface area contributed by atoms with Gasteiger partial charge in [0.05, 0.1) is 5.02 Å². The van der Waals surface area contributed by atoms with Crippen LogP contribution in [-0.4, -0.2) is 8.42 Å². The Kier molecular flexibility index (Phi) is 5.14. The first kappa shape index (κ1) is 16.5. The molecule has 0 aliphatic rings. The molecule has 2 aromatic rings. The zero-order valence-corrected chi connectivity index (χ0v) is 14.2. The monoisotopic (exact) mass is 412 g/mol. The molecule has 0 unspecified atom stereocenters. The minimum atomic E-state index is -3.97. The molecule has 0 bridgehead atoms. The van der Waals surface area contributed by atoms with Crippen LogP contribution in [0.3, 0.4) is 0 Å². The highest BCUT2D eigenvalue weighted by Gasteiger charge is 2.18. The van der Waals surface area contributed by atoms with Crippen molar-refractivity contribution in [2.75, 3.05) is 0 Å². The van der Waals surface area contributed by atoms with E-state index >= 15 is 0 Å². The van der Waals surface area contributed by atoms with E-state index in [1.165, 1.54) is 24.3 Å². The van der Waals surface area contributed by atoms with Gasteiger partial charge in [0.2, 0.25) is 0 Å². The third kappa shape index (κ3) is 4.10. The molecule has 21 heavy (non-hydrogen) atoms. The predicted octanol–water partition coefficient (Wildman–Crippen LogP) is 4.75. The van der Waals surface area contributed by atoms with Crippen LogP contribution in [0, 0.1) is 5.82 Å². The molecule has 0 spiro atoms. The molecule has 3 nitrogen and oxygen atoms in total. The van der Waals surface area contributed by atoms with Crippen LogP contribution in [0.2, 0.25) is 5.02 Å². The summed E-state index contributed by atoms with van der Waals surface area (Å²) in [6, 6.07) is 8.67. The Hall–Kier alpha value is -0.820. The van der Waals surface area contributed by atoms with Crippen LogP contribution >= 0.6 is 38.2 Å². The summed E-state index contributed by atoms with van der Waals surface area (Å²) in [5, 5.41) is -0.0649. The molecule has 2 rings (SSSR count). The van der Waals surface area contributed by atoms with E-state index in [0.29, 0.717) is 10.0 Å². The van der Waals surface area contributed by atoms with Crippen LogP contribution in [0.5, 0.6) is 5.75 Å². The lowest BCUT2D eigenvalue weighted by molar-refractivity contribution is 0.297. The molecule has 112 valence electrons. The smallest absolute Gasteiger partial charge is 0.265 e. The summed E-state index contributed by atoms with van der Waals surface area (Å²) in [5.74, 6) is -0.507. The largest absolute Gasteiger partial charge is 0.487 e. The Balaban J connectivity index is 2.31. The highest BCUT2D eigenvalue weighted by Crippen LogP contribution is 2.31. The molecular formula is C13H8BrCl2FO3S. The number of benzene rings is 2. The topological polar surface area (TPSA) is 43.4 Å². The van der Waals surface area contributed by atoms with E-state index in [-0.39, 0.29) is 22.3 Å². The summed E-state index contributed by atoms with van der Waals surface area (Å²) in [5.41, 5.74) is 0.400. The van der Waals surface area contributed by atoms with Crippen LogP contribution < -0.4 is 4.74 Å². The first-order valence-corrected chi connectivity index (χ1v) is 9.07. The van der Waals surface area contributed by atoms with Gasteiger partial charge in [-0.15, -0.1) is 0 Å². The van der Waals surface area contributed by atoms with Crippen molar-refractivity contribution in [1.29, 1.82) is 0 Å². The molecule has 0 amide bonds. The van der Waals surface area contributed by atoms with E-state index in [4.69, 9.17) is 27.0 Å². The average molecular weight is 414 g/mol. The number of hydrogen-bond donors (Lipinski definition) is 0. The van der Waals surface area contributed by atoms with Crippen LogP contribution in [0.1, 0.15) is 5.56 Å². The second kappa shape index (κ2) is 6.52. The number of rotatable bonds is 4. The van der Waals surface area contributed by atoms with Gasteiger partial charge in [0.15, 0.2) is 0 Å². The van der Waals surface area contributed by atoms with Crippen molar-refractivity contribution in [3.05, 3.63) is 57.3 Å². The van der Waals surface area contributed by atoms with Gasteiger partial charge in [-0.25, -0.2) is 12.8 Å². The second-order valence-electron chi connectivity index (χ2n) is 4.03. The van der Waals surface area contributed by atoms with E-state index in [2.05, 4.69) is 15.9 Å². The summed E-state index contributed by atoms with van der Waals surface area (Å²) >= 11 is 8.96. The van der Waals surface area contributed by atoms with E-state index in [0.717, 1.165) is 0 Å². The normalized spacial score (nSPS) is 11.4. The Labute approximate surface area is 139 Å². The van der Waals surface area contributed by atoms with Crippen molar-refractivity contribution in [2.24, 2.45) is 0 Å². The maximum absolute atomic E-state index is 13.3. The lowest BCUT2D eigenvalue weighted by atomic mass is 10.2. The van der Waals surface area contributed by atoms with Gasteiger partial charge in [-0.05, 0) is 24.3 Å². The molecule has 8 heteroatoms. The van der Waals surface area contributed by atoms with Gasteiger partial charge in [-0.3, -0.25) is 0 Å². The fourth-order valence-corrected chi connectivity index (χ4v) is 3.30. The second-order valence-corrected chi connectivity index (χ2v) is 7.86. The van der Waals surface area contributed by atoms with Gasteiger partial charge < -0.3 is 4.74 Å². The first-order valence-electron chi connectivity index (χ1n) is 5.59. The molecule has 0 atom stereocenters. The molecule has 0 aromatic heterocycles. The van der Waals surface area contributed by atoms with Gasteiger partial charge in [-0.2, -0.15) is 0 Å². The van der Waals surface area contributed by atoms with Crippen molar-refractivity contribution < 1.29 is 17.5 Å². The van der Waals surface area contributed by atoms with Crippen molar-refractivity contribution >= 4 is 47.3 Å². The molecule has 0 fully saturated rings. The molecule has 0 N–H and O–H groups in total. The Morgan fingerprint density at radius 3 is 2.62 bits per heavy atom. The minimum Gasteiger partial charge on any atom is -0.487 e. The van der Waals surface area contributed by atoms with Crippen LogP contribution in [0.25, 0.3) is 0 Å². The predicted molar refractivity (Wildman–Crippen MR) is 82.9 cm³/mol. The molecule has 2 aromatic carbocycles. The van der Waals surface area contributed by atoms with E-state index in [1.807, 2.05) is 0 Å². The van der Waals surface area contributed by atoms with Crippen molar-refractivity contribution in [1.82, 2.24) is 0 Å². The number of halogens is 4. The first-order chi connectivity index (χ1) is 9.79. The SMILES string of the molecule is O=S(=O)(Cl)c1cc(Br)ccc1OCc1cccc(F)c1Cl. The van der Waals surface area contributed by atoms with Crippen LogP contribution in [0.4, 0.5) is 4.39 Å². The molecule has 0 heterocycles. The molecule has 0 saturated heterocycles. The van der Waals surface area contributed by atoms with Gasteiger partial charge in [0.1, 0.15) is 23.1 Å².